The van der Waals surface area contributed by atoms with Gasteiger partial charge >= 0.3 is 0 Å². The van der Waals surface area contributed by atoms with Crippen LogP contribution < -0.4 is 10.5 Å². The third-order valence-corrected chi connectivity index (χ3v) is 4.96. The van der Waals surface area contributed by atoms with Crippen LogP contribution in [0.15, 0.2) is 22.5 Å². The molecular weight excluding hydrogens is 272 g/mol. The van der Waals surface area contributed by atoms with Gasteiger partial charge in [0.2, 0.25) is 0 Å². The SMILES string of the molecule is Cc1nn(C)cc1NS(=O)(=O)c1ccsc1CN. The summed E-state index contributed by atoms with van der Waals surface area (Å²) >= 11 is 1.33. The van der Waals surface area contributed by atoms with Crippen molar-refractivity contribution in [3.8, 4) is 0 Å². The second kappa shape index (κ2) is 4.71. The van der Waals surface area contributed by atoms with Gasteiger partial charge in [-0.3, -0.25) is 9.40 Å². The van der Waals surface area contributed by atoms with Gasteiger partial charge in [-0.25, -0.2) is 8.42 Å². The predicted molar refractivity (Wildman–Crippen MR) is 71.0 cm³/mol. The lowest BCUT2D eigenvalue weighted by Gasteiger charge is -2.06. The zero-order valence-corrected chi connectivity index (χ0v) is 11.7. The number of anilines is 1. The van der Waals surface area contributed by atoms with Crippen molar-refractivity contribution in [2.24, 2.45) is 12.8 Å². The number of hydrogen-bond donors (Lipinski definition) is 2. The van der Waals surface area contributed by atoms with E-state index in [-0.39, 0.29) is 11.4 Å². The van der Waals surface area contributed by atoms with E-state index in [0.29, 0.717) is 16.3 Å². The van der Waals surface area contributed by atoms with Gasteiger partial charge in [0.25, 0.3) is 10.0 Å². The van der Waals surface area contributed by atoms with Gasteiger partial charge in [0.15, 0.2) is 0 Å². The Hall–Kier alpha value is -1.38. The van der Waals surface area contributed by atoms with Crippen LogP contribution in [0, 0.1) is 6.92 Å². The Kier molecular flexibility index (Phi) is 3.42. The van der Waals surface area contributed by atoms with Crippen molar-refractivity contribution in [1.29, 1.82) is 0 Å². The average molecular weight is 286 g/mol. The van der Waals surface area contributed by atoms with E-state index in [2.05, 4.69) is 9.82 Å². The summed E-state index contributed by atoms with van der Waals surface area (Å²) in [7, 11) is -1.86. The smallest absolute Gasteiger partial charge is 0.263 e. The Bertz CT molecular complexity index is 657. The highest BCUT2D eigenvalue weighted by molar-refractivity contribution is 7.93. The maximum Gasteiger partial charge on any atom is 0.263 e. The van der Waals surface area contributed by atoms with Crippen LogP contribution in [0.3, 0.4) is 0 Å². The van der Waals surface area contributed by atoms with E-state index in [9.17, 15) is 8.42 Å². The molecule has 3 N–H and O–H groups in total. The number of sulfonamides is 1. The molecule has 0 aliphatic heterocycles. The van der Waals surface area contributed by atoms with Crippen molar-refractivity contribution in [2.45, 2.75) is 18.4 Å². The zero-order valence-electron chi connectivity index (χ0n) is 10.0. The number of nitrogens with zero attached hydrogens (tertiary/aromatic N) is 2. The Balaban J connectivity index is 2.36. The Morgan fingerprint density at radius 2 is 2.28 bits per heavy atom. The van der Waals surface area contributed by atoms with Crippen LogP contribution in [0.5, 0.6) is 0 Å². The molecule has 0 saturated carbocycles. The first-order chi connectivity index (χ1) is 8.44. The molecule has 0 spiro atoms. The van der Waals surface area contributed by atoms with Crippen LogP contribution in [0.4, 0.5) is 5.69 Å². The molecule has 2 heterocycles. The largest absolute Gasteiger partial charge is 0.326 e. The first kappa shape index (κ1) is 13.1. The minimum Gasteiger partial charge on any atom is -0.326 e. The van der Waals surface area contributed by atoms with Gasteiger partial charge in [-0.15, -0.1) is 11.3 Å². The summed E-state index contributed by atoms with van der Waals surface area (Å²) in [4.78, 5) is 0.877. The number of nitrogens with two attached hydrogens (primary N) is 1. The van der Waals surface area contributed by atoms with E-state index in [1.807, 2.05) is 0 Å². The van der Waals surface area contributed by atoms with E-state index in [0.717, 1.165) is 0 Å². The fraction of sp³-hybridized carbons (Fsp3) is 0.300. The first-order valence-corrected chi connectivity index (χ1v) is 7.60. The molecular formula is C10H14N4O2S2. The lowest BCUT2D eigenvalue weighted by molar-refractivity contribution is 0.600. The maximum atomic E-state index is 12.2. The summed E-state index contributed by atoms with van der Waals surface area (Å²) < 4.78 is 28.5. The zero-order chi connectivity index (χ0) is 13.3. The van der Waals surface area contributed by atoms with Crippen molar-refractivity contribution < 1.29 is 8.42 Å². The van der Waals surface area contributed by atoms with Gasteiger partial charge < -0.3 is 5.73 Å². The molecule has 98 valence electrons. The maximum absolute atomic E-state index is 12.2. The quantitative estimate of drug-likeness (QED) is 0.879. The fourth-order valence-corrected chi connectivity index (χ4v) is 4.06. The number of thiophene rings is 1. The van der Waals surface area contributed by atoms with E-state index in [4.69, 9.17) is 5.73 Å². The topological polar surface area (TPSA) is 90.0 Å². The van der Waals surface area contributed by atoms with Gasteiger partial charge in [-0.1, -0.05) is 0 Å². The van der Waals surface area contributed by atoms with Crippen LogP contribution in [0.2, 0.25) is 0 Å². The van der Waals surface area contributed by atoms with Crippen molar-refractivity contribution in [1.82, 2.24) is 9.78 Å². The summed E-state index contributed by atoms with van der Waals surface area (Å²) in [6, 6.07) is 1.56. The number of nitrogens with one attached hydrogen (secondary N) is 1. The third kappa shape index (κ3) is 2.40. The molecule has 2 rings (SSSR count). The molecule has 0 amide bonds. The van der Waals surface area contributed by atoms with Crippen molar-refractivity contribution >= 4 is 27.0 Å². The standard InChI is InChI=1S/C10H14N4O2S2/c1-7-8(6-14(2)12-7)13-18(15,16)10-3-4-17-9(10)5-11/h3-4,6,13H,5,11H2,1-2H3. The summed E-state index contributed by atoms with van der Waals surface area (Å²) in [6.45, 7) is 1.95. The average Bonchev–Trinajstić information content (AvgIpc) is 2.85. The minimum absolute atomic E-state index is 0.208. The van der Waals surface area contributed by atoms with Gasteiger partial charge in [0.1, 0.15) is 4.90 Å². The summed E-state index contributed by atoms with van der Waals surface area (Å²) in [6.07, 6.45) is 1.63. The highest BCUT2D eigenvalue weighted by atomic mass is 32.2. The molecule has 0 bridgehead atoms. The lowest BCUT2D eigenvalue weighted by atomic mass is 10.4. The normalized spacial score (nSPS) is 11.7. The number of aryl methyl sites for hydroxylation is 2. The second-order valence-corrected chi connectivity index (χ2v) is 6.47. The summed E-state index contributed by atoms with van der Waals surface area (Å²) in [5.74, 6) is 0. The van der Waals surface area contributed by atoms with Crippen LogP contribution in [-0.4, -0.2) is 18.2 Å². The molecule has 0 aliphatic rings. The molecule has 2 aromatic rings. The molecule has 0 radical (unpaired) electrons. The Morgan fingerprint density at radius 3 is 2.83 bits per heavy atom. The molecule has 8 heteroatoms. The molecule has 0 saturated heterocycles. The predicted octanol–water partition coefficient (Wildman–Crippen LogP) is 1.05. The summed E-state index contributed by atoms with van der Waals surface area (Å²) in [5, 5.41) is 5.80. The van der Waals surface area contributed by atoms with E-state index in [1.165, 1.54) is 11.3 Å². The van der Waals surface area contributed by atoms with Crippen molar-refractivity contribution in [2.75, 3.05) is 4.72 Å². The highest BCUT2D eigenvalue weighted by Gasteiger charge is 2.20. The van der Waals surface area contributed by atoms with Crippen LogP contribution in [0.1, 0.15) is 10.6 Å². The molecule has 0 aliphatic carbocycles. The van der Waals surface area contributed by atoms with Crippen molar-refractivity contribution in [3.05, 3.63) is 28.2 Å². The van der Waals surface area contributed by atoms with Crippen LogP contribution >= 0.6 is 11.3 Å². The monoisotopic (exact) mass is 286 g/mol. The minimum atomic E-state index is -3.59. The molecule has 0 atom stereocenters. The highest BCUT2D eigenvalue weighted by Crippen LogP contribution is 2.24. The van der Waals surface area contributed by atoms with E-state index >= 15 is 0 Å². The number of rotatable bonds is 4. The molecule has 18 heavy (non-hydrogen) atoms. The molecule has 0 fully saturated rings. The summed E-state index contributed by atoms with van der Waals surface area (Å²) in [5.41, 5.74) is 6.63. The third-order valence-electron chi connectivity index (χ3n) is 2.44. The Morgan fingerprint density at radius 1 is 1.56 bits per heavy atom. The molecule has 2 aromatic heterocycles. The Labute approximate surface area is 109 Å². The first-order valence-electron chi connectivity index (χ1n) is 5.23. The van der Waals surface area contributed by atoms with Crippen molar-refractivity contribution in [3.63, 3.8) is 0 Å². The number of hydrogen-bond acceptors (Lipinski definition) is 5. The second-order valence-electron chi connectivity index (χ2n) is 3.82. The molecule has 6 nitrogen and oxygen atoms in total. The van der Waals surface area contributed by atoms with Gasteiger partial charge in [-0.05, 0) is 18.4 Å². The van der Waals surface area contributed by atoms with E-state index in [1.54, 1.807) is 36.3 Å². The van der Waals surface area contributed by atoms with Gasteiger partial charge in [0.05, 0.1) is 11.4 Å². The lowest BCUT2D eigenvalue weighted by Crippen LogP contribution is -2.14. The van der Waals surface area contributed by atoms with Crippen LogP contribution in [0.25, 0.3) is 0 Å². The van der Waals surface area contributed by atoms with Gasteiger partial charge in [-0.2, -0.15) is 5.10 Å². The van der Waals surface area contributed by atoms with E-state index < -0.39 is 10.0 Å². The molecule has 0 unspecified atom stereocenters. The molecule has 0 aromatic carbocycles. The fourth-order valence-electron chi connectivity index (χ4n) is 1.62. The van der Waals surface area contributed by atoms with Gasteiger partial charge in [0, 0.05) is 24.7 Å². The number of aromatic nitrogens is 2. The van der Waals surface area contributed by atoms with Crippen LogP contribution in [-0.2, 0) is 23.6 Å².